The molecule has 8 heteroatoms. The van der Waals surface area contributed by atoms with Gasteiger partial charge in [-0.3, -0.25) is 9.59 Å². The molecule has 0 radical (unpaired) electrons. The quantitative estimate of drug-likeness (QED) is 0.447. The number of fused-ring (bicyclic) bond motifs is 1. The molecule has 2 atom stereocenters. The van der Waals surface area contributed by atoms with Crippen molar-refractivity contribution in [2.75, 3.05) is 12.4 Å². The summed E-state index contributed by atoms with van der Waals surface area (Å²) in [5, 5.41) is 4.77. The standard InChI is InChI=1S/C19H25N3O3S2/c1-11-6-4-5-7-14(11)22-15(23)8-25-16(24)9-26-18-17-12(2)13(3)27-19(17)21-10-20-18/h10-11,14H,4-9H2,1-3H3,(H,22,23)/t11-,14+/m1/s1. The molecule has 27 heavy (non-hydrogen) atoms. The summed E-state index contributed by atoms with van der Waals surface area (Å²) in [5.41, 5.74) is 1.15. The zero-order valence-electron chi connectivity index (χ0n) is 15.9. The summed E-state index contributed by atoms with van der Waals surface area (Å²) in [6.45, 7) is 6.02. The lowest BCUT2D eigenvalue weighted by Gasteiger charge is -2.29. The van der Waals surface area contributed by atoms with E-state index in [-0.39, 0.29) is 24.3 Å². The summed E-state index contributed by atoms with van der Waals surface area (Å²) in [5.74, 6) is -0.0384. The van der Waals surface area contributed by atoms with Gasteiger partial charge in [0.1, 0.15) is 16.2 Å². The van der Waals surface area contributed by atoms with Gasteiger partial charge in [0.05, 0.1) is 5.75 Å². The molecule has 6 nitrogen and oxygen atoms in total. The third-order valence-electron chi connectivity index (χ3n) is 5.08. The Kier molecular flexibility index (Phi) is 6.70. The van der Waals surface area contributed by atoms with Crippen LogP contribution in [0.5, 0.6) is 0 Å². The zero-order valence-corrected chi connectivity index (χ0v) is 17.5. The summed E-state index contributed by atoms with van der Waals surface area (Å²) < 4.78 is 5.14. The fourth-order valence-electron chi connectivity index (χ4n) is 3.35. The van der Waals surface area contributed by atoms with E-state index in [1.807, 2.05) is 6.92 Å². The second-order valence-corrected chi connectivity index (χ2v) is 9.19. The number of carbonyl (C=O) groups is 2. The van der Waals surface area contributed by atoms with E-state index in [4.69, 9.17) is 4.74 Å². The first kappa shape index (κ1) is 20.1. The smallest absolute Gasteiger partial charge is 0.316 e. The largest absolute Gasteiger partial charge is 0.455 e. The number of amides is 1. The highest BCUT2D eigenvalue weighted by Gasteiger charge is 2.23. The number of hydrogen-bond acceptors (Lipinski definition) is 7. The highest BCUT2D eigenvalue weighted by molar-refractivity contribution is 8.00. The Bertz CT molecular complexity index is 837. The minimum Gasteiger partial charge on any atom is -0.455 e. The molecule has 0 bridgehead atoms. The monoisotopic (exact) mass is 407 g/mol. The van der Waals surface area contributed by atoms with Crippen LogP contribution in [0.2, 0.25) is 0 Å². The summed E-state index contributed by atoms with van der Waals surface area (Å²) >= 11 is 2.95. The van der Waals surface area contributed by atoms with Gasteiger partial charge >= 0.3 is 5.97 Å². The lowest BCUT2D eigenvalue weighted by Crippen LogP contribution is -2.43. The number of thioether (sulfide) groups is 1. The van der Waals surface area contributed by atoms with Crippen molar-refractivity contribution in [1.29, 1.82) is 0 Å². The molecule has 0 spiro atoms. The lowest BCUT2D eigenvalue weighted by atomic mass is 9.86. The molecule has 1 aliphatic rings. The van der Waals surface area contributed by atoms with E-state index in [1.54, 1.807) is 11.3 Å². The van der Waals surface area contributed by atoms with E-state index in [0.29, 0.717) is 5.92 Å². The number of aryl methyl sites for hydroxylation is 2. The second kappa shape index (κ2) is 9.01. The number of rotatable bonds is 6. The second-order valence-electron chi connectivity index (χ2n) is 7.03. The molecule has 0 saturated heterocycles. The van der Waals surface area contributed by atoms with Crippen LogP contribution >= 0.6 is 23.1 Å². The number of nitrogens with zero attached hydrogens (tertiary/aromatic N) is 2. The van der Waals surface area contributed by atoms with Crippen molar-refractivity contribution in [1.82, 2.24) is 15.3 Å². The van der Waals surface area contributed by atoms with Gasteiger partial charge in [-0.05, 0) is 38.2 Å². The Labute approximate surface area is 167 Å². The van der Waals surface area contributed by atoms with Gasteiger partial charge in [0, 0.05) is 16.3 Å². The van der Waals surface area contributed by atoms with Gasteiger partial charge in [-0.2, -0.15) is 0 Å². The molecular formula is C19H25N3O3S2. The van der Waals surface area contributed by atoms with Crippen LogP contribution in [0.15, 0.2) is 11.4 Å². The number of ether oxygens (including phenoxy) is 1. The molecule has 1 aliphatic carbocycles. The molecule has 146 valence electrons. The van der Waals surface area contributed by atoms with Crippen LogP contribution in [0.1, 0.15) is 43.0 Å². The molecule has 1 N–H and O–H groups in total. The van der Waals surface area contributed by atoms with Gasteiger partial charge in [-0.25, -0.2) is 9.97 Å². The normalized spacial score (nSPS) is 19.8. The molecule has 0 aliphatic heterocycles. The van der Waals surface area contributed by atoms with Crippen LogP contribution in [0.3, 0.4) is 0 Å². The van der Waals surface area contributed by atoms with Crippen LogP contribution in [0.25, 0.3) is 10.2 Å². The first-order valence-corrected chi connectivity index (χ1v) is 11.0. The molecular weight excluding hydrogens is 382 g/mol. The van der Waals surface area contributed by atoms with E-state index < -0.39 is 5.97 Å². The molecule has 2 heterocycles. The maximum Gasteiger partial charge on any atom is 0.316 e. The number of nitrogens with one attached hydrogen (secondary N) is 1. The average molecular weight is 408 g/mol. The molecule has 2 aromatic heterocycles. The van der Waals surface area contributed by atoms with Crippen molar-refractivity contribution >= 4 is 45.2 Å². The Hall–Kier alpha value is -1.67. The first-order valence-electron chi connectivity index (χ1n) is 9.24. The predicted octanol–water partition coefficient (Wildman–Crippen LogP) is 3.64. The highest BCUT2D eigenvalue weighted by atomic mass is 32.2. The topological polar surface area (TPSA) is 81.2 Å². The van der Waals surface area contributed by atoms with Crippen molar-refractivity contribution in [3.8, 4) is 0 Å². The van der Waals surface area contributed by atoms with Crippen LogP contribution in [-0.2, 0) is 14.3 Å². The SMILES string of the molecule is Cc1sc2ncnc(SCC(=O)OCC(=O)N[C@H]3CCCC[C@H]3C)c2c1C. The van der Waals surface area contributed by atoms with Gasteiger partial charge in [-0.15, -0.1) is 11.3 Å². The minimum atomic E-state index is -0.414. The maximum atomic E-state index is 12.0. The summed E-state index contributed by atoms with van der Waals surface area (Å²) in [4.78, 5) is 34.8. The third-order valence-corrected chi connectivity index (χ3v) is 7.16. The van der Waals surface area contributed by atoms with E-state index >= 15 is 0 Å². The number of carbonyl (C=O) groups excluding carboxylic acids is 2. The highest BCUT2D eigenvalue weighted by Crippen LogP contribution is 2.34. The third kappa shape index (κ3) is 4.99. The number of aromatic nitrogens is 2. The predicted molar refractivity (Wildman–Crippen MR) is 108 cm³/mol. The molecule has 2 aromatic rings. The van der Waals surface area contributed by atoms with E-state index in [0.717, 1.165) is 40.1 Å². The Morgan fingerprint density at radius 3 is 2.85 bits per heavy atom. The molecule has 3 rings (SSSR count). The van der Waals surface area contributed by atoms with E-state index in [2.05, 4.69) is 29.1 Å². The molecule has 0 unspecified atom stereocenters. The van der Waals surface area contributed by atoms with Crippen molar-refractivity contribution < 1.29 is 14.3 Å². The summed E-state index contributed by atoms with van der Waals surface area (Å²) in [6, 6.07) is 0.193. The summed E-state index contributed by atoms with van der Waals surface area (Å²) in [7, 11) is 0. The molecule has 0 aromatic carbocycles. The van der Waals surface area contributed by atoms with Crippen LogP contribution < -0.4 is 5.32 Å². The Balaban J connectivity index is 1.48. The number of thiophene rings is 1. The van der Waals surface area contributed by atoms with Crippen molar-refractivity contribution in [2.45, 2.75) is 57.5 Å². The van der Waals surface area contributed by atoms with Crippen LogP contribution in [-0.4, -0.2) is 40.2 Å². The van der Waals surface area contributed by atoms with Gasteiger partial charge in [0.15, 0.2) is 6.61 Å². The van der Waals surface area contributed by atoms with Gasteiger partial charge < -0.3 is 10.1 Å². The number of hydrogen-bond donors (Lipinski definition) is 1. The van der Waals surface area contributed by atoms with Crippen molar-refractivity contribution in [2.24, 2.45) is 5.92 Å². The zero-order chi connectivity index (χ0) is 19.4. The van der Waals surface area contributed by atoms with E-state index in [9.17, 15) is 9.59 Å². The minimum absolute atomic E-state index is 0.119. The molecule has 1 amide bonds. The Morgan fingerprint density at radius 2 is 2.07 bits per heavy atom. The van der Waals surface area contributed by atoms with Gasteiger partial charge in [-0.1, -0.05) is 31.5 Å². The first-order chi connectivity index (χ1) is 13.0. The number of esters is 1. The average Bonchev–Trinajstić information content (AvgIpc) is 2.95. The Morgan fingerprint density at radius 1 is 1.30 bits per heavy atom. The van der Waals surface area contributed by atoms with Crippen LogP contribution in [0, 0.1) is 19.8 Å². The van der Waals surface area contributed by atoms with Crippen molar-refractivity contribution in [3.05, 3.63) is 16.8 Å². The van der Waals surface area contributed by atoms with Crippen LogP contribution in [0.4, 0.5) is 0 Å². The lowest BCUT2D eigenvalue weighted by molar-refractivity contribution is -0.146. The van der Waals surface area contributed by atoms with Gasteiger partial charge in [0.25, 0.3) is 5.91 Å². The molecule has 1 fully saturated rings. The molecule has 1 saturated carbocycles. The van der Waals surface area contributed by atoms with Gasteiger partial charge in [0.2, 0.25) is 0 Å². The van der Waals surface area contributed by atoms with Crippen molar-refractivity contribution in [3.63, 3.8) is 0 Å². The summed E-state index contributed by atoms with van der Waals surface area (Å²) in [6.07, 6.45) is 6.01. The fourth-order valence-corrected chi connectivity index (χ4v) is 5.27. The maximum absolute atomic E-state index is 12.0. The fraction of sp³-hybridized carbons (Fsp3) is 0.579. The van der Waals surface area contributed by atoms with E-state index in [1.165, 1.54) is 29.4 Å².